The maximum atomic E-state index is 12.1. The number of hydrogen-bond acceptors (Lipinski definition) is 4. The molecule has 2 atom stereocenters. The first-order chi connectivity index (χ1) is 9.88. The van der Waals surface area contributed by atoms with Gasteiger partial charge in [-0.15, -0.1) is 0 Å². The first kappa shape index (κ1) is 18.1. The molecule has 0 bridgehead atoms. The highest BCUT2D eigenvalue weighted by Crippen LogP contribution is 2.15. The van der Waals surface area contributed by atoms with Gasteiger partial charge in [0.25, 0.3) is 0 Å². The number of carbonyl (C=O) groups excluding carboxylic acids is 1. The third-order valence-corrected chi connectivity index (χ3v) is 5.03. The number of rotatable bonds is 9. The van der Waals surface area contributed by atoms with E-state index in [0.29, 0.717) is 13.0 Å². The number of carbonyl (C=O) groups is 1. The summed E-state index contributed by atoms with van der Waals surface area (Å²) in [5.74, 6) is -0.634. The van der Waals surface area contributed by atoms with Gasteiger partial charge in [-0.2, -0.15) is 4.72 Å². The molecule has 0 saturated carbocycles. The lowest BCUT2D eigenvalue weighted by atomic mass is 9.99. The van der Waals surface area contributed by atoms with Gasteiger partial charge >= 0.3 is 0 Å². The van der Waals surface area contributed by atoms with Crippen LogP contribution in [0.25, 0.3) is 0 Å². The van der Waals surface area contributed by atoms with E-state index in [0.717, 1.165) is 12.8 Å². The number of ketones is 1. The molecule has 0 aromatic heterocycles. The van der Waals surface area contributed by atoms with Crippen molar-refractivity contribution in [3.63, 3.8) is 0 Å². The van der Waals surface area contributed by atoms with Crippen molar-refractivity contribution < 1.29 is 13.2 Å². The fraction of sp³-hybridized carbons (Fsp3) is 0.500. The summed E-state index contributed by atoms with van der Waals surface area (Å²) in [5.41, 5.74) is 4.13. The number of nitrogens with two attached hydrogens (primary N) is 1. The fourth-order valence-corrected chi connectivity index (χ4v) is 3.46. The van der Waals surface area contributed by atoms with Crippen LogP contribution in [0, 0.1) is 5.92 Å². The van der Waals surface area contributed by atoms with E-state index in [1.807, 2.05) is 0 Å². The summed E-state index contributed by atoms with van der Waals surface area (Å²) in [6, 6.07) is 7.81. The van der Waals surface area contributed by atoms with Crippen molar-refractivity contribution in [3.05, 3.63) is 30.3 Å². The predicted octanol–water partition coefficient (Wildman–Crippen LogP) is 1.86. The van der Waals surface area contributed by atoms with E-state index in [1.54, 1.807) is 25.1 Å². The Balaban J connectivity index is 2.63. The van der Waals surface area contributed by atoms with E-state index in [-0.39, 0.29) is 16.6 Å². The molecule has 1 aromatic carbocycles. The van der Waals surface area contributed by atoms with E-state index in [9.17, 15) is 13.2 Å². The number of benzene rings is 1. The molecule has 0 aliphatic rings. The van der Waals surface area contributed by atoms with Crippen LogP contribution in [0.15, 0.2) is 35.2 Å². The van der Waals surface area contributed by atoms with Crippen molar-refractivity contribution in [1.82, 2.24) is 4.72 Å². The molecule has 2 unspecified atom stereocenters. The van der Waals surface area contributed by atoms with Crippen molar-refractivity contribution >= 4 is 27.4 Å². The molecule has 0 radical (unpaired) electrons. The van der Waals surface area contributed by atoms with Crippen LogP contribution in [0.3, 0.4) is 0 Å². The molecular formula is C14H21ClN2O3S. The highest BCUT2D eigenvalue weighted by molar-refractivity contribution is 7.89. The van der Waals surface area contributed by atoms with E-state index >= 15 is 0 Å². The number of halogens is 1. The zero-order chi connectivity index (χ0) is 15.9. The van der Waals surface area contributed by atoms with Gasteiger partial charge in [0.1, 0.15) is 0 Å². The molecule has 118 valence electrons. The highest BCUT2D eigenvalue weighted by atomic mass is 35.5. The number of hydrogen-bond donors (Lipinski definition) is 2. The van der Waals surface area contributed by atoms with Gasteiger partial charge in [0.05, 0.1) is 4.90 Å². The summed E-state index contributed by atoms with van der Waals surface area (Å²) in [7, 11) is -3.79. The lowest BCUT2D eigenvalue weighted by molar-refractivity contribution is -0.122. The Morgan fingerprint density at radius 2 is 1.90 bits per heavy atom. The number of alkyl halides is 1. The van der Waals surface area contributed by atoms with Gasteiger partial charge in [0.2, 0.25) is 10.0 Å². The minimum absolute atomic E-state index is 0.0826. The zero-order valence-corrected chi connectivity index (χ0v) is 13.5. The maximum absolute atomic E-state index is 12.1. The number of Topliss-reactive ketones (excluding diaryl/α,β-unsaturated/α-hetero) is 1. The Bertz CT molecular complexity index is 549. The van der Waals surface area contributed by atoms with Gasteiger partial charge in [-0.05, 0) is 31.5 Å². The van der Waals surface area contributed by atoms with Crippen LogP contribution >= 0.6 is 11.6 Å². The Kier molecular flexibility index (Phi) is 7.31. The molecule has 7 heteroatoms. The van der Waals surface area contributed by atoms with Gasteiger partial charge in [0, 0.05) is 5.92 Å². The first-order valence-electron chi connectivity index (χ1n) is 6.83. The van der Waals surface area contributed by atoms with Crippen molar-refractivity contribution in [2.24, 2.45) is 11.7 Å². The largest absolute Gasteiger partial charge is 0.330 e. The second-order valence-corrected chi connectivity index (χ2v) is 7.04. The number of nitrogens with one attached hydrogen (secondary N) is 1. The second kappa shape index (κ2) is 8.48. The van der Waals surface area contributed by atoms with E-state index < -0.39 is 15.5 Å². The summed E-state index contributed by atoms with van der Waals surface area (Å²) in [6.07, 6.45) is 2.30. The minimum Gasteiger partial charge on any atom is -0.330 e. The van der Waals surface area contributed by atoms with Crippen LogP contribution in [0.5, 0.6) is 0 Å². The van der Waals surface area contributed by atoms with Crippen LogP contribution in [0.2, 0.25) is 0 Å². The molecule has 0 heterocycles. The number of unbranched alkanes of at least 4 members (excludes halogenated alkanes) is 1. The molecule has 1 aromatic rings. The molecule has 0 fully saturated rings. The lowest BCUT2D eigenvalue weighted by Crippen LogP contribution is -2.39. The number of sulfonamides is 1. The van der Waals surface area contributed by atoms with Crippen molar-refractivity contribution in [1.29, 1.82) is 0 Å². The van der Waals surface area contributed by atoms with Gasteiger partial charge in [-0.3, -0.25) is 4.79 Å². The summed E-state index contributed by atoms with van der Waals surface area (Å²) >= 11 is 5.91. The Morgan fingerprint density at radius 3 is 2.48 bits per heavy atom. The Hall–Kier alpha value is -0.950. The van der Waals surface area contributed by atoms with Gasteiger partial charge in [-0.25, -0.2) is 8.42 Å². The molecule has 3 N–H and O–H groups in total. The van der Waals surface area contributed by atoms with Crippen LogP contribution in [-0.4, -0.2) is 26.2 Å². The predicted molar refractivity (Wildman–Crippen MR) is 83.5 cm³/mol. The van der Waals surface area contributed by atoms with E-state index in [1.165, 1.54) is 12.1 Å². The summed E-state index contributed by atoms with van der Waals surface area (Å²) < 4.78 is 26.3. The maximum Gasteiger partial charge on any atom is 0.242 e. The first-order valence-corrected chi connectivity index (χ1v) is 8.75. The second-order valence-electron chi connectivity index (χ2n) is 4.88. The average Bonchev–Trinajstić information content (AvgIpc) is 2.47. The molecule has 21 heavy (non-hydrogen) atoms. The minimum atomic E-state index is -3.79. The molecule has 0 spiro atoms. The molecule has 0 amide bonds. The van der Waals surface area contributed by atoms with Crippen molar-refractivity contribution in [2.75, 3.05) is 6.54 Å². The van der Waals surface area contributed by atoms with Crippen LogP contribution in [-0.2, 0) is 14.8 Å². The standard InChI is InChI=1S/C14H21ClN2O3S/c1-11(7-5-6-10-16)13(18)14(15)17-21(19,20)12-8-3-2-4-9-12/h2-4,8-9,11,14,17H,5-7,10,16H2,1H3. The molecule has 0 saturated heterocycles. The quantitative estimate of drug-likeness (QED) is 0.410. The van der Waals surface area contributed by atoms with Crippen molar-refractivity contribution in [2.45, 2.75) is 36.6 Å². The van der Waals surface area contributed by atoms with E-state index in [4.69, 9.17) is 17.3 Å². The molecule has 1 rings (SSSR count). The van der Waals surface area contributed by atoms with Crippen LogP contribution < -0.4 is 10.5 Å². The summed E-state index contributed by atoms with van der Waals surface area (Å²) in [4.78, 5) is 12.1. The normalized spacial score (nSPS) is 14.6. The van der Waals surface area contributed by atoms with E-state index in [2.05, 4.69) is 4.72 Å². The van der Waals surface area contributed by atoms with Crippen LogP contribution in [0.1, 0.15) is 26.2 Å². The van der Waals surface area contributed by atoms with Gasteiger partial charge in [-0.1, -0.05) is 43.1 Å². The molecule has 0 aliphatic carbocycles. The van der Waals surface area contributed by atoms with Gasteiger partial charge < -0.3 is 5.73 Å². The SMILES string of the molecule is CC(CCCCN)C(=O)C(Cl)NS(=O)(=O)c1ccccc1. The molecule has 5 nitrogen and oxygen atoms in total. The topological polar surface area (TPSA) is 89.3 Å². The lowest BCUT2D eigenvalue weighted by Gasteiger charge is -2.16. The molecular weight excluding hydrogens is 312 g/mol. The Morgan fingerprint density at radius 1 is 1.29 bits per heavy atom. The monoisotopic (exact) mass is 332 g/mol. The third kappa shape index (κ3) is 5.74. The zero-order valence-electron chi connectivity index (χ0n) is 12.0. The summed E-state index contributed by atoms with van der Waals surface area (Å²) in [6.45, 7) is 2.32. The smallest absolute Gasteiger partial charge is 0.242 e. The molecule has 0 aliphatic heterocycles. The Labute approximate surface area is 130 Å². The highest BCUT2D eigenvalue weighted by Gasteiger charge is 2.26. The van der Waals surface area contributed by atoms with Crippen LogP contribution in [0.4, 0.5) is 0 Å². The van der Waals surface area contributed by atoms with Crippen molar-refractivity contribution in [3.8, 4) is 0 Å². The fourth-order valence-electron chi connectivity index (χ4n) is 1.85. The van der Waals surface area contributed by atoms with Gasteiger partial charge in [0.15, 0.2) is 11.3 Å². The summed E-state index contributed by atoms with van der Waals surface area (Å²) in [5, 5.41) is 0. The third-order valence-electron chi connectivity index (χ3n) is 3.14. The average molecular weight is 333 g/mol.